The molecule has 1 N–H and O–H groups in total. The lowest BCUT2D eigenvalue weighted by atomic mass is 10.0. The predicted molar refractivity (Wildman–Crippen MR) is 126 cm³/mol. The van der Waals surface area contributed by atoms with Crippen molar-refractivity contribution < 1.29 is 9.53 Å². The summed E-state index contributed by atoms with van der Waals surface area (Å²) in [7, 11) is 0. The number of piperidine rings is 1. The Morgan fingerprint density at radius 2 is 1.84 bits per heavy atom. The van der Waals surface area contributed by atoms with E-state index in [1.54, 1.807) is 0 Å². The van der Waals surface area contributed by atoms with Crippen LogP contribution in [0.15, 0.2) is 48.5 Å². The molecule has 164 valence electrons. The number of benzene rings is 2. The molecule has 1 saturated heterocycles. The first-order valence-corrected chi connectivity index (χ1v) is 11.4. The maximum absolute atomic E-state index is 13.3. The van der Waals surface area contributed by atoms with E-state index >= 15 is 0 Å². The average Bonchev–Trinajstić information content (AvgIpc) is 3.07. The number of fused-ring (bicyclic) bond motifs is 1. The van der Waals surface area contributed by atoms with Crippen LogP contribution in [0.2, 0.25) is 0 Å². The Morgan fingerprint density at radius 3 is 2.52 bits per heavy atom. The zero-order chi connectivity index (χ0) is 21.8. The number of likely N-dealkylation sites (tertiary alicyclic amines) is 1. The Labute approximate surface area is 185 Å². The summed E-state index contributed by atoms with van der Waals surface area (Å²) in [5.74, 6) is 0.888. The highest BCUT2D eigenvalue weighted by molar-refractivity contribution is 6.02. The van der Waals surface area contributed by atoms with Gasteiger partial charge in [0.05, 0.1) is 6.61 Å². The molecule has 1 aromatic heterocycles. The van der Waals surface area contributed by atoms with Crippen LogP contribution in [0.4, 0.5) is 0 Å². The van der Waals surface area contributed by atoms with Gasteiger partial charge in [-0.2, -0.15) is 0 Å². The summed E-state index contributed by atoms with van der Waals surface area (Å²) in [5, 5.41) is 4.41. The molecule has 31 heavy (non-hydrogen) atoms. The molecule has 0 spiro atoms. The summed E-state index contributed by atoms with van der Waals surface area (Å²) in [6, 6.07) is 16.9. The number of aromatic nitrogens is 1. The zero-order valence-corrected chi connectivity index (χ0v) is 18.9. The predicted octanol–water partition coefficient (Wildman–Crippen LogP) is 4.76. The maximum atomic E-state index is 13.3. The van der Waals surface area contributed by atoms with Crippen molar-refractivity contribution in [2.45, 2.75) is 52.7 Å². The fourth-order valence-corrected chi connectivity index (χ4v) is 4.71. The Balaban J connectivity index is 1.44. The lowest BCUT2D eigenvalue weighted by Gasteiger charge is -2.32. The highest BCUT2D eigenvalue weighted by Crippen LogP contribution is 2.29. The van der Waals surface area contributed by atoms with Gasteiger partial charge in [-0.05, 0) is 62.9 Å². The van der Waals surface area contributed by atoms with Gasteiger partial charge in [0.1, 0.15) is 11.4 Å². The first-order chi connectivity index (χ1) is 15.1. The molecule has 0 saturated carbocycles. The van der Waals surface area contributed by atoms with Crippen LogP contribution in [0.1, 0.15) is 48.3 Å². The van der Waals surface area contributed by atoms with Crippen LogP contribution < -0.4 is 10.1 Å². The Morgan fingerprint density at radius 1 is 1.10 bits per heavy atom. The fourth-order valence-electron chi connectivity index (χ4n) is 4.71. The summed E-state index contributed by atoms with van der Waals surface area (Å²) in [4.78, 5) is 15.8. The van der Waals surface area contributed by atoms with Crippen LogP contribution in [0.3, 0.4) is 0 Å². The third kappa shape index (κ3) is 4.62. The molecule has 5 nitrogen and oxygen atoms in total. The van der Waals surface area contributed by atoms with Gasteiger partial charge >= 0.3 is 0 Å². The van der Waals surface area contributed by atoms with Gasteiger partial charge in [-0.1, -0.05) is 30.3 Å². The number of carbonyl (C=O) groups is 1. The second-order valence-corrected chi connectivity index (χ2v) is 8.34. The number of nitrogens with zero attached hydrogens (tertiary/aromatic N) is 2. The smallest absolute Gasteiger partial charge is 0.268 e. The minimum atomic E-state index is 0.0371. The van der Waals surface area contributed by atoms with Gasteiger partial charge in [0.15, 0.2) is 0 Å². The zero-order valence-electron chi connectivity index (χ0n) is 18.9. The quantitative estimate of drug-likeness (QED) is 0.600. The Kier molecular flexibility index (Phi) is 6.62. The molecule has 0 unspecified atom stereocenters. The standard InChI is InChI=1S/C26H33N3O2/c1-4-29-24-12-11-22(31-5-2)17-23(24)19(3)25(29)26(30)27-21-13-15-28(16-14-21)18-20-9-7-6-8-10-20/h6-12,17,21H,4-5,13-16,18H2,1-3H3,(H,27,30). The molecular weight excluding hydrogens is 386 g/mol. The largest absolute Gasteiger partial charge is 0.494 e. The number of hydrogen-bond acceptors (Lipinski definition) is 3. The molecule has 2 aromatic carbocycles. The van der Waals surface area contributed by atoms with Crippen LogP contribution in [0.5, 0.6) is 5.75 Å². The van der Waals surface area contributed by atoms with Crippen LogP contribution in [-0.4, -0.2) is 41.1 Å². The van der Waals surface area contributed by atoms with Crippen molar-refractivity contribution >= 4 is 16.8 Å². The van der Waals surface area contributed by atoms with Crippen molar-refractivity contribution in [2.75, 3.05) is 19.7 Å². The molecule has 0 aliphatic carbocycles. The van der Waals surface area contributed by atoms with Crippen LogP contribution >= 0.6 is 0 Å². The molecule has 1 aliphatic rings. The van der Waals surface area contributed by atoms with Gasteiger partial charge in [0.2, 0.25) is 0 Å². The van der Waals surface area contributed by atoms with Gasteiger partial charge in [-0.15, -0.1) is 0 Å². The van der Waals surface area contributed by atoms with E-state index < -0.39 is 0 Å². The number of aryl methyl sites for hydroxylation is 2. The molecule has 0 radical (unpaired) electrons. The van der Waals surface area contributed by atoms with E-state index in [1.807, 2.05) is 19.9 Å². The van der Waals surface area contributed by atoms with Crippen molar-refractivity contribution in [1.82, 2.24) is 14.8 Å². The highest BCUT2D eigenvalue weighted by atomic mass is 16.5. The molecule has 3 aromatic rings. The van der Waals surface area contributed by atoms with Crippen molar-refractivity contribution in [2.24, 2.45) is 0 Å². The highest BCUT2D eigenvalue weighted by Gasteiger charge is 2.25. The van der Waals surface area contributed by atoms with Gasteiger partial charge in [0.25, 0.3) is 5.91 Å². The number of rotatable bonds is 7. The second-order valence-electron chi connectivity index (χ2n) is 8.34. The minimum absolute atomic E-state index is 0.0371. The van der Waals surface area contributed by atoms with E-state index in [2.05, 4.69) is 64.2 Å². The molecule has 2 heterocycles. The van der Waals surface area contributed by atoms with E-state index in [0.717, 1.165) is 66.9 Å². The monoisotopic (exact) mass is 419 g/mol. The summed E-state index contributed by atoms with van der Waals surface area (Å²) >= 11 is 0. The molecule has 1 fully saturated rings. The average molecular weight is 420 g/mol. The first kappa shape index (κ1) is 21.4. The molecule has 5 heteroatoms. The molecule has 4 rings (SSSR count). The Bertz CT molecular complexity index is 1030. The number of nitrogens with one attached hydrogen (secondary N) is 1. The third-order valence-corrected chi connectivity index (χ3v) is 6.30. The molecule has 1 aliphatic heterocycles. The van der Waals surface area contributed by atoms with E-state index in [4.69, 9.17) is 4.74 Å². The second kappa shape index (κ2) is 9.56. The minimum Gasteiger partial charge on any atom is -0.494 e. The van der Waals surface area contributed by atoms with E-state index in [0.29, 0.717) is 6.61 Å². The van der Waals surface area contributed by atoms with Gasteiger partial charge in [-0.25, -0.2) is 0 Å². The van der Waals surface area contributed by atoms with Crippen molar-refractivity contribution in [1.29, 1.82) is 0 Å². The molecule has 0 bridgehead atoms. The van der Waals surface area contributed by atoms with Crippen molar-refractivity contribution in [3.8, 4) is 5.75 Å². The normalized spacial score (nSPS) is 15.3. The number of ether oxygens (including phenoxy) is 1. The van der Waals surface area contributed by atoms with E-state index in [1.165, 1.54) is 5.56 Å². The topological polar surface area (TPSA) is 46.5 Å². The molecule has 1 amide bonds. The number of hydrogen-bond donors (Lipinski definition) is 1. The number of carbonyl (C=O) groups excluding carboxylic acids is 1. The SMILES string of the molecule is CCOc1ccc2c(c1)c(C)c(C(=O)NC1CCN(Cc3ccccc3)CC1)n2CC. The van der Waals surface area contributed by atoms with Crippen LogP contribution in [0.25, 0.3) is 10.9 Å². The molecule has 0 atom stereocenters. The molecular formula is C26H33N3O2. The van der Waals surface area contributed by atoms with Crippen LogP contribution in [-0.2, 0) is 13.1 Å². The fraction of sp³-hybridized carbons (Fsp3) is 0.423. The Hall–Kier alpha value is -2.79. The summed E-state index contributed by atoms with van der Waals surface area (Å²) < 4.78 is 7.80. The first-order valence-electron chi connectivity index (χ1n) is 11.4. The van der Waals surface area contributed by atoms with E-state index in [9.17, 15) is 4.79 Å². The van der Waals surface area contributed by atoms with Gasteiger partial charge in [-0.3, -0.25) is 9.69 Å². The summed E-state index contributed by atoms with van der Waals surface area (Å²) in [5.41, 5.74) is 4.24. The van der Waals surface area contributed by atoms with Gasteiger partial charge in [0, 0.05) is 43.1 Å². The lowest BCUT2D eigenvalue weighted by Crippen LogP contribution is -2.44. The third-order valence-electron chi connectivity index (χ3n) is 6.30. The van der Waals surface area contributed by atoms with Gasteiger partial charge < -0.3 is 14.6 Å². The van der Waals surface area contributed by atoms with Crippen molar-refractivity contribution in [3.63, 3.8) is 0 Å². The summed E-state index contributed by atoms with van der Waals surface area (Å²) in [6.07, 6.45) is 1.97. The summed E-state index contributed by atoms with van der Waals surface area (Å²) in [6.45, 7) is 10.5. The van der Waals surface area contributed by atoms with Crippen molar-refractivity contribution in [3.05, 3.63) is 65.4 Å². The van der Waals surface area contributed by atoms with E-state index in [-0.39, 0.29) is 11.9 Å². The number of amides is 1. The van der Waals surface area contributed by atoms with Crippen LogP contribution in [0, 0.1) is 6.92 Å². The lowest BCUT2D eigenvalue weighted by molar-refractivity contribution is 0.0899. The maximum Gasteiger partial charge on any atom is 0.268 e.